The van der Waals surface area contributed by atoms with Crippen LogP contribution in [-0.4, -0.2) is 26.2 Å². The van der Waals surface area contributed by atoms with Gasteiger partial charge in [0.05, 0.1) is 18.4 Å². The molecule has 19 heavy (non-hydrogen) atoms. The molecule has 0 amide bonds. The minimum Gasteiger partial charge on any atom is -0.465 e. The minimum absolute atomic E-state index is 0.258. The molecule has 0 aromatic heterocycles. The molecule has 0 radical (unpaired) electrons. The van der Waals surface area contributed by atoms with E-state index in [-0.39, 0.29) is 5.97 Å². The molecule has 0 atom stereocenters. The molecule has 1 aliphatic rings. The van der Waals surface area contributed by atoms with Crippen LogP contribution in [0.25, 0.3) is 0 Å². The number of nitrogens with zero attached hydrogens (tertiary/aromatic N) is 1. The fourth-order valence-electron chi connectivity index (χ4n) is 2.89. The Morgan fingerprint density at radius 1 is 1.21 bits per heavy atom. The first-order valence-electron chi connectivity index (χ1n) is 7.03. The van der Waals surface area contributed by atoms with E-state index in [0.29, 0.717) is 11.6 Å². The number of ether oxygens (including phenoxy) is 1. The summed E-state index contributed by atoms with van der Waals surface area (Å²) in [6, 6.07) is 8.23. The third-order valence-electron chi connectivity index (χ3n) is 4.22. The van der Waals surface area contributed by atoms with Crippen molar-refractivity contribution in [3.8, 4) is 0 Å². The molecule has 1 aromatic rings. The van der Waals surface area contributed by atoms with Crippen LogP contribution in [0.1, 0.15) is 43.0 Å². The van der Waals surface area contributed by atoms with Crippen LogP contribution < -0.4 is 4.90 Å². The zero-order chi connectivity index (χ0) is 13.8. The van der Waals surface area contributed by atoms with Gasteiger partial charge in [0.15, 0.2) is 0 Å². The fraction of sp³-hybridized carbons (Fsp3) is 0.562. The maximum Gasteiger partial charge on any atom is 0.339 e. The van der Waals surface area contributed by atoms with Crippen LogP contribution >= 0.6 is 0 Å². The highest BCUT2D eigenvalue weighted by atomic mass is 16.5. The first-order chi connectivity index (χ1) is 9.13. The average molecular weight is 261 g/mol. The summed E-state index contributed by atoms with van der Waals surface area (Å²) in [5.74, 6) is 0.576. The Bertz CT molecular complexity index is 436. The molecule has 0 bridgehead atoms. The van der Waals surface area contributed by atoms with Gasteiger partial charge in [-0.05, 0) is 43.7 Å². The number of para-hydroxylation sites is 1. The molecule has 104 valence electrons. The van der Waals surface area contributed by atoms with E-state index in [2.05, 4.69) is 18.9 Å². The molecule has 1 fully saturated rings. The topological polar surface area (TPSA) is 29.5 Å². The van der Waals surface area contributed by atoms with Gasteiger partial charge in [0, 0.05) is 13.1 Å². The average Bonchev–Trinajstić information content (AvgIpc) is 2.46. The van der Waals surface area contributed by atoms with Crippen molar-refractivity contribution >= 4 is 11.7 Å². The van der Waals surface area contributed by atoms with Crippen molar-refractivity contribution in [3.63, 3.8) is 0 Å². The van der Waals surface area contributed by atoms with E-state index in [9.17, 15) is 4.79 Å². The monoisotopic (exact) mass is 261 g/mol. The number of methoxy groups -OCH3 is 1. The van der Waals surface area contributed by atoms with Gasteiger partial charge >= 0.3 is 5.97 Å². The third-order valence-corrected chi connectivity index (χ3v) is 4.22. The van der Waals surface area contributed by atoms with Crippen LogP contribution in [0.4, 0.5) is 5.69 Å². The van der Waals surface area contributed by atoms with E-state index in [4.69, 9.17) is 4.74 Å². The maximum atomic E-state index is 11.8. The number of carbonyl (C=O) groups is 1. The van der Waals surface area contributed by atoms with Crippen LogP contribution in [-0.2, 0) is 4.74 Å². The van der Waals surface area contributed by atoms with E-state index < -0.39 is 0 Å². The van der Waals surface area contributed by atoms with Gasteiger partial charge in [0.2, 0.25) is 0 Å². The van der Waals surface area contributed by atoms with Crippen LogP contribution in [0.15, 0.2) is 24.3 Å². The van der Waals surface area contributed by atoms with Crippen molar-refractivity contribution in [2.45, 2.75) is 38.6 Å². The molecule has 1 saturated carbocycles. The van der Waals surface area contributed by atoms with E-state index in [1.54, 1.807) is 0 Å². The minimum atomic E-state index is -0.258. The van der Waals surface area contributed by atoms with Crippen LogP contribution in [0, 0.1) is 5.92 Å². The van der Waals surface area contributed by atoms with Crippen molar-refractivity contribution in [2.75, 3.05) is 19.1 Å². The van der Waals surface area contributed by atoms with Crippen molar-refractivity contribution in [2.24, 2.45) is 5.92 Å². The van der Waals surface area contributed by atoms with Gasteiger partial charge in [-0.2, -0.15) is 0 Å². The normalized spacial score (nSPS) is 22.9. The third kappa shape index (κ3) is 3.09. The number of anilines is 1. The van der Waals surface area contributed by atoms with Gasteiger partial charge in [0.25, 0.3) is 0 Å². The highest BCUT2D eigenvalue weighted by Gasteiger charge is 2.24. The molecule has 0 N–H and O–H groups in total. The van der Waals surface area contributed by atoms with E-state index in [0.717, 1.165) is 11.6 Å². The Morgan fingerprint density at radius 2 is 1.84 bits per heavy atom. The SMILES string of the molecule is COC(=O)c1ccccc1N(C)C1CCC(C)CC1. The number of rotatable bonds is 3. The second-order valence-corrected chi connectivity index (χ2v) is 5.53. The lowest BCUT2D eigenvalue weighted by Crippen LogP contribution is -2.35. The summed E-state index contributed by atoms with van der Waals surface area (Å²) < 4.78 is 4.87. The molecule has 3 nitrogen and oxygen atoms in total. The molecule has 0 spiro atoms. The Hall–Kier alpha value is -1.51. The van der Waals surface area contributed by atoms with Gasteiger partial charge < -0.3 is 9.64 Å². The van der Waals surface area contributed by atoms with Gasteiger partial charge in [-0.1, -0.05) is 19.1 Å². The van der Waals surface area contributed by atoms with Crippen LogP contribution in [0.2, 0.25) is 0 Å². The summed E-state index contributed by atoms with van der Waals surface area (Å²) in [6.45, 7) is 2.32. The zero-order valence-corrected chi connectivity index (χ0v) is 12.1. The molecule has 2 rings (SSSR count). The molecule has 0 unspecified atom stereocenters. The van der Waals surface area contributed by atoms with Crippen LogP contribution in [0.5, 0.6) is 0 Å². The fourth-order valence-corrected chi connectivity index (χ4v) is 2.89. The summed E-state index contributed by atoms with van der Waals surface area (Å²) in [4.78, 5) is 14.1. The summed E-state index contributed by atoms with van der Waals surface area (Å²) >= 11 is 0. The van der Waals surface area contributed by atoms with Gasteiger partial charge in [0.1, 0.15) is 0 Å². The first kappa shape index (κ1) is 13.9. The highest BCUT2D eigenvalue weighted by Crippen LogP contribution is 2.31. The number of hydrogen-bond donors (Lipinski definition) is 0. The molecule has 1 aliphatic carbocycles. The van der Waals surface area contributed by atoms with Crippen molar-refractivity contribution < 1.29 is 9.53 Å². The lowest BCUT2D eigenvalue weighted by Gasteiger charge is -2.35. The maximum absolute atomic E-state index is 11.8. The lowest BCUT2D eigenvalue weighted by molar-refractivity contribution is 0.0601. The Balaban J connectivity index is 2.19. The number of carbonyl (C=O) groups excluding carboxylic acids is 1. The first-order valence-corrected chi connectivity index (χ1v) is 7.03. The number of benzene rings is 1. The Morgan fingerprint density at radius 3 is 2.47 bits per heavy atom. The summed E-state index contributed by atoms with van der Waals surface area (Å²) in [5, 5.41) is 0. The molecular weight excluding hydrogens is 238 g/mol. The lowest BCUT2D eigenvalue weighted by atomic mass is 9.86. The zero-order valence-electron chi connectivity index (χ0n) is 12.1. The predicted octanol–water partition coefficient (Wildman–Crippen LogP) is 3.49. The smallest absolute Gasteiger partial charge is 0.339 e. The van der Waals surface area contributed by atoms with Crippen LogP contribution in [0.3, 0.4) is 0 Å². The summed E-state index contributed by atoms with van der Waals surface area (Å²) in [7, 11) is 3.52. The second-order valence-electron chi connectivity index (χ2n) is 5.53. The Labute approximate surface area is 115 Å². The number of hydrogen-bond acceptors (Lipinski definition) is 3. The molecule has 3 heteroatoms. The van der Waals surface area contributed by atoms with Gasteiger partial charge in [-0.25, -0.2) is 4.79 Å². The Kier molecular flexibility index (Phi) is 4.46. The molecule has 0 heterocycles. The molecular formula is C16H23NO2. The van der Waals surface area contributed by atoms with Crippen molar-refractivity contribution in [1.29, 1.82) is 0 Å². The van der Waals surface area contributed by atoms with E-state index >= 15 is 0 Å². The standard InChI is InChI=1S/C16H23NO2/c1-12-8-10-13(11-9-12)17(2)15-7-5-4-6-14(15)16(18)19-3/h4-7,12-13H,8-11H2,1-3H3. The highest BCUT2D eigenvalue weighted by molar-refractivity contribution is 5.95. The predicted molar refractivity (Wildman–Crippen MR) is 77.6 cm³/mol. The summed E-state index contributed by atoms with van der Waals surface area (Å²) in [5.41, 5.74) is 1.64. The quantitative estimate of drug-likeness (QED) is 0.780. The summed E-state index contributed by atoms with van der Waals surface area (Å²) in [6.07, 6.45) is 4.95. The molecule has 0 saturated heterocycles. The largest absolute Gasteiger partial charge is 0.465 e. The van der Waals surface area contributed by atoms with Crippen molar-refractivity contribution in [1.82, 2.24) is 0 Å². The second kappa shape index (κ2) is 6.09. The molecule has 1 aromatic carbocycles. The van der Waals surface area contributed by atoms with Gasteiger partial charge in [-0.3, -0.25) is 0 Å². The van der Waals surface area contributed by atoms with Crippen molar-refractivity contribution in [3.05, 3.63) is 29.8 Å². The molecule has 0 aliphatic heterocycles. The van der Waals surface area contributed by atoms with E-state index in [1.807, 2.05) is 24.3 Å². The number of esters is 1. The van der Waals surface area contributed by atoms with E-state index in [1.165, 1.54) is 32.8 Å². The van der Waals surface area contributed by atoms with Gasteiger partial charge in [-0.15, -0.1) is 0 Å².